The van der Waals surface area contributed by atoms with Crippen molar-refractivity contribution in [1.82, 2.24) is 5.32 Å². The van der Waals surface area contributed by atoms with Gasteiger partial charge < -0.3 is 24.6 Å². The lowest BCUT2D eigenvalue weighted by molar-refractivity contribution is -0.142. The minimum Gasteiger partial charge on any atom is -0.497 e. The van der Waals surface area contributed by atoms with E-state index in [1.54, 1.807) is 25.3 Å². The van der Waals surface area contributed by atoms with E-state index in [2.05, 4.69) is 10.0 Å². The summed E-state index contributed by atoms with van der Waals surface area (Å²) in [6.07, 6.45) is 0.384. The van der Waals surface area contributed by atoms with Gasteiger partial charge in [-0.3, -0.25) is 9.52 Å². The monoisotopic (exact) mass is 476 g/mol. The van der Waals surface area contributed by atoms with E-state index < -0.39 is 28.3 Å². The molecule has 4 atom stereocenters. The van der Waals surface area contributed by atoms with Gasteiger partial charge in [-0.1, -0.05) is 12.1 Å². The average Bonchev–Trinajstić information content (AvgIpc) is 3.14. The van der Waals surface area contributed by atoms with Crippen LogP contribution in [-0.4, -0.2) is 57.7 Å². The molecule has 2 aliphatic rings. The molecule has 2 aromatic carbocycles. The number of anilines is 1. The maximum Gasteiger partial charge on any atom is 0.229 e. The van der Waals surface area contributed by atoms with Gasteiger partial charge in [0.05, 0.1) is 32.5 Å². The predicted octanol–water partition coefficient (Wildman–Crippen LogP) is 1.77. The van der Waals surface area contributed by atoms with Gasteiger partial charge in [-0.15, -0.1) is 0 Å². The van der Waals surface area contributed by atoms with Crippen LogP contribution < -0.4 is 19.5 Å². The first-order chi connectivity index (χ1) is 15.8. The molecule has 1 amide bonds. The molecule has 4 rings (SSSR count). The molecule has 1 fully saturated rings. The largest absolute Gasteiger partial charge is 0.497 e. The number of sulfonamides is 1. The van der Waals surface area contributed by atoms with Crippen molar-refractivity contribution >= 4 is 21.6 Å². The normalized spacial score (nSPS) is 23.7. The number of benzene rings is 2. The Hall–Kier alpha value is -2.82. The summed E-state index contributed by atoms with van der Waals surface area (Å²) in [6, 6.07) is 12.5. The number of amides is 1. The molecular weight excluding hydrogens is 448 g/mol. The van der Waals surface area contributed by atoms with Crippen LogP contribution >= 0.6 is 0 Å². The summed E-state index contributed by atoms with van der Waals surface area (Å²) in [6.45, 7) is 0.144. The Morgan fingerprint density at radius 1 is 1.21 bits per heavy atom. The Bertz CT molecular complexity index is 1100. The standard InChI is InChI=1S/C23H28N2O7S/c1-30-16-6-3-14(4-7-16)12-24-22(27)11-17-10-19-18-9-15(25-33(2,28)29)5-8-20(18)32-23(19)21(13-26)31-17/h3-9,17,19,21,23,25-26H,10-13H2,1-2H3,(H,24,27)/t17-,19+,21+,23-/m1/s1. The van der Waals surface area contributed by atoms with Crippen LogP contribution in [-0.2, 0) is 26.1 Å². The molecule has 9 nitrogen and oxygen atoms in total. The van der Waals surface area contributed by atoms with Crippen molar-refractivity contribution in [2.24, 2.45) is 0 Å². The molecule has 0 unspecified atom stereocenters. The molecule has 0 bridgehead atoms. The molecule has 178 valence electrons. The summed E-state index contributed by atoms with van der Waals surface area (Å²) in [4.78, 5) is 12.6. The summed E-state index contributed by atoms with van der Waals surface area (Å²) in [5, 5.41) is 12.8. The molecule has 33 heavy (non-hydrogen) atoms. The Morgan fingerprint density at radius 2 is 1.97 bits per heavy atom. The second-order valence-electron chi connectivity index (χ2n) is 8.36. The summed E-state index contributed by atoms with van der Waals surface area (Å²) in [5.41, 5.74) is 2.24. The van der Waals surface area contributed by atoms with Gasteiger partial charge in [0.15, 0.2) is 0 Å². The lowest BCUT2D eigenvalue weighted by Gasteiger charge is -2.37. The van der Waals surface area contributed by atoms with E-state index in [-0.39, 0.29) is 24.9 Å². The summed E-state index contributed by atoms with van der Waals surface area (Å²) >= 11 is 0. The third-order valence-corrected chi connectivity index (χ3v) is 6.47. The van der Waals surface area contributed by atoms with Crippen LogP contribution in [0.15, 0.2) is 42.5 Å². The van der Waals surface area contributed by atoms with Crippen LogP contribution in [0.25, 0.3) is 0 Å². The number of methoxy groups -OCH3 is 1. The number of carbonyl (C=O) groups excluding carboxylic acids is 1. The van der Waals surface area contributed by atoms with E-state index in [1.165, 1.54) is 0 Å². The molecule has 0 saturated carbocycles. The van der Waals surface area contributed by atoms with Gasteiger partial charge in [0.1, 0.15) is 23.7 Å². The van der Waals surface area contributed by atoms with Gasteiger partial charge in [-0.2, -0.15) is 0 Å². The highest BCUT2D eigenvalue weighted by molar-refractivity contribution is 7.92. The van der Waals surface area contributed by atoms with Crippen molar-refractivity contribution in [2.75, 3.05) is 24.7 Å². The molecule has 0 spiro atoms. The van der Waals surface area contributed by atoms with Crippen molar-refractivity contribution < 1.29 is 32.5 Å². The number of rotatable bonds is 8. The minimum absolute atomic E-state index is 0.119. The summed E-state index contributed by atoms with van der Waals surface area (Å²) < 4.78 is 42.8. The topological polar surface area (TPSA) is 123 Å². The number of ether oxygens (including phenoxy) is 3. The highest BCUT2D eigenvalue weighted by Crippen LogP contribution is 2.47. The lowest BCUT2D eigenvalue weighted by Crippen LogP contribution is -2.47. The Labute approximate surface area is 193 Å². The maximum absolute atomic E-state index is 12.6. The first kappa shape index (κ1) is 23.3. The van der Waals surface area contributed by atoms with Crippen molar-refractivity contribution in [2.45, 2.75) is 43.6 Å². The number of aliphatic hydroxyl groups excluding tert-OH is 1. The molecule has 2 aromatic rings. The molecule has 0 aromatic heterocycles. The quantitative estimate of drug-likeness (QED) is 0.531. The van der Waals surface area contributed by atoms with Crippen LogP contribution in [0, 0.1) is 0 Å². The molecule has 2 aliphatic heterocycles. The number of nitrogens with one attached hydrogen (secondary N) is 2. The van der Waals surface area contributed by atoms with Crippen molar-refractivity contribution in [3.63, 3.8) is 0 Å². The van der Waals surface area contributed by atoms with Gasteiger partial charge in [0.25, 0.3) is 0 Å². The smallest absolute Gasteiger partial charge is 0.229 e. The van der Waals surface area contributed by atoms with E-state index >= 15 is 0 Å². The lowest BCUT2D eigenvalue weighted by atomic mass is 9.84. The van der Waals surface area contributed by atoms with Gasteiger partial charge in [-0.05, 0) is 42.3 Å². The van der Waals surface area contributed by atoms with Gasteiger partial charge in [0, 0.05) is 23.7 Å². The fourth-order valence-corrected chi connectivity index (χ4v) is 4.94. The van der Waals surface area contributed by atoms with Gasteiger partial charge in [-0.25, -0.2) is 8.42 Å². The average molecular weight is 477 g/mol. The fourth-order valence-electron chi connectivity index (χ4n) is 4.39. The molecule has 0 radical (unpaired) electrons. The summed E-state index contributed by atoms with van der Waals surface area (Å²) in [5.74, 6) is 1.11. The Morgan fingerprint density at radius 3 is 2.64 bits per heavy atom. The predicted molar refractivity (Wildman–Crippen MR) is 122 cm³/mol. The highest BCUT2D eigenvalue weighted by atomic mass is 32.2. The Kier molecular flexibility index (Phi) is 6.78. The zero-order valence-electron chi connectivity index (χ0n) is 18.5. The van der Waals surface area contributed by atoms with Gasteiger partial charge >= 0.3 is 0 Å². The third-order valence-electron chi connectivity index (χ3n) is 5.86. The van der Waals surface area contributed by atoms with Crippen LogP contribution in [0.1, 0.15) is 29.9 Å². The van der Waals surface area contributed by atoms with Crippen LogP contribution in [0.4, 0.5) is 5.69 Å². The molecule has 1 saturated heterocycles. The van der Waals surface area contributed by atoms with E-state index in [0.29, 0.717) is 24.4 Å². The number of hydrogen-bond acceptors (Lipinski definition) is 7. The minimum atomic E-state index is -3.41. The highest BCUT2D eigenvalue weighted by Gasteiger charge is 2.46. The SMILES string of the molecule is COc1ccc(CNC(=O)C[C@H]2C[C@H]3c4cc(NS(C)(=O)=O)ccc4O[C@H]3[C@H](CO)O2)cc1. The number of hydrogen-bond donors (Lipinski definition) is 3. The van der Waals surface area contributed by atoms with Crippen LogP contribution in [0.5, 0.6) is 11.5 Å². The van der Waals surface area contributed by atoms with E-state index in [1.807, 2.05) is 24.3 Å². The molecule has 0 aliphatic carbocycles. The van der Waals surface area contributed by atoms with E-state index in [9.17, 15) is 18.3 Å². The van der Waals surface area contributed by atoms with Crippen LogP contribution in [0.3, 0.4) is 0 Å². The second-order valence-corrected chi connectivity index (χ2v) is 10.1. The number of fused-ring (bicyclic) bond motifs is 3. The number of carbonyl (C=O) groups is 1. The fraction of sp³-hybridized carbons (Fsp3) is 0.435. The van der Waals surface area contributed by atoms with E-state index in [4.69, 9.17) is 14.2 Å². The van der Waals surface area contributed by atoms with E-state index in [0.717, 1.165) is 23.1 Å². The van der Waals surface area contributed by atoms with Crippen LogP contribution in [0.2, 0.25) is 0 Å². The molecule has 3 N–H and O–H groups in total. The maximum atomic E-state index is 12.6. The second kappa shape index (κ2) is 9.58. The Balaban J connectivity index is 1.41. The first-order valence-corrected chi connectivity index (χ1v) is 12.6. The first-order valence-electron chi connectivity index (χ1n) is 10.7. The summed E-state index contributed by atoms with van der Waals surface area (Å²) in [7, 11) is -1.82. The zero-order valence-corrected chi connectivity index (χ0v) is 19.3. The molecule has 2 heterocycles. The van der Waals surface area contributed by atoms with Crippen molar-refractivity contribution in [3.05, 3.63) is 53.6 Å². The van der Waals surface area contributed by atoms with Gasteiger partial charge in [0.2, 0.25) is 15.9 Å². The molecular formula is C23H28N2O7S. The van der Waals surface area contributed by atoms with Crippen molar-refractivity contribution in [3.8, 4) is 11.5 Å². The van der Waals surface area contributed by atoms with Crippen molar-refractivity contribution in [1.29, 1.82) is 0 Å². The third kappa shape index (κ3) is 5.58. The number of aliphatic hydroxyl groups is 1. The molecule has 10 heteroatoms. The zero-order chi connectivity index (χ0) is 23.6.